The zero-order chi connectivity index (χ0) is 14.9. The predicted molar refractivity (Wildman–Crippen MR) is 72.4 cm³/mol. The van der Waals surface area contributed by atoms with Gasteiger partial charge in [-0.1, -0.05) is 6.92 Å². The summed E-state index contributed by atoms with van der Waals surface area (Å²) in [5.41, 5.74) is 0.710. The first-order valence-corrected chi connectivity index (χ1v) is 6.76. The van der Waals surface area contributed by atoms with Crippen molar-refractivity contribution in [2.45, 2.75) is 32.0 Å². The van der Waals surface area contributed by atoms with Gasteiger partial charge in [0.25, 0.3) is 0 Å². The molecule has 0 saturated heterocycles. The summed E-state index contributed by atoms with van der Waals surface area (Å²) in [6.45, 7) is 2.48. The van der Waals surface area contributed by atoms with E-state index in [4.69, 9.17) is 11.6 Å². The molecule has 0 unspecified atom stereocenters. The van der Waals surface area contributed by atoms with Crippen LogP contribution in [0, 0.1) is 0 Å². The maximum Gasteiger partial charge on any atom is 0.390 e. The Morgan fingerprint density at radius 1 is 1.45 bits per heavy atom. The van der Waals surface area contributed by atoms with E-state index in [9.17, 15) is 13.2 Å². The van der Waals surface area contributed by atoms with Crippen molar-refractivity contribution in [3.8, 4) is 0 Å². The second kappa shape index (κ2) is 5.63. The van der Waals surface area contributed by atoms with Gasteiger partial charge in [0.15, 0.2) is 5.82 Å². The highest BCUT2D eigenvalue weighted by Crippen LogP contribution is 2.35. The number of alkyl halides is 3. The van der Waals surface area contributed by atoms with Crippen molar-refractivity contribution in [3.63, 3.8) is 0 Å². The van der Waals surface area contributed by atoms with Crippen LogP contribution >= 0.6 is 11.6 Å². The van der Waals surface area contributed by atoms with Crippen molar-refractivity contribution in [1.82, 2.24) is 9.97 Å². The first-order valence-electron chi connectivity index (χ1n) is 6.39. The highest BCUT2D eigenvalue weighted by Gasteiger charge is 2.34. The van der Waals surface area contributed by atoms with Gasteiger partial charge in [0.2, 0.25) is 5.28 Å². The fraction of sp³-hybridized carbons (Fsp3) is 0.667. The van der Waals surface area contributed by atoms with Crippen LogP contribution in [0.4, 0.5) is 24.7 Å². The average Bonchev–Trinajstić information content (AvgIpc) is 2.35. The minimum absolute atomic E-state index is 0.0131. The summed E-state index contributed by atoms with van der Waals surface area (Å²) in [6.07, 6.45) is -2.76. The van der Waals surface area contributed by atoms with Gasteiger partial charge in [-0.3, -0.25) is 0 Å². The molecule has 2 rings (SSSR count). The molecular formula is C12H16ClF3N4. The Kier molecular flexibility index (Phi) is 4.27. The largest absolute Gasteiger partial charge is 0.390 e. The number of fused-ring (bicyclic) bond motifs is 1. The first-order chi connectivity index (χ1) is 9.31. The Morgan fingerprint density at radius 2 is 2.15 bits per heavy atom. The van der Waals surface area contributed by atoms with Gasteiger partial charge in [-0.05, 0) is 18.0 Å². The molecule has 1 aromatic rings. The zero-order valence-corrected chi connectivity index (χ0v) is 12.0. The summed E-state index contributed by atoms with van der Waals surface area (Å²) in [4.78, 5) is 11.7. The van der Waals surface area contributed by atoms with Crippen molar-refractivity contribution in [3.05, 3.63) is 11.5 Å². The quantitative estimate of drug-likeness (QED) is 0.803. The molecule has 0 radical (unpaired) electrons. The molecule has 4 nitrogen and oxygen atoms in total. The molecule has 0 aliphatic carbocycles. The van der Waals surface area contributed by atoms with Crippen LogP contribution in [0.1, 0.15) is 19.8 Å². The Labute approximate surface area is 120 Å². The van der Waals surface area contributed by atoms with Gasteiger partial charge in [-0.25, -0.2) is 4.98 Å². The number of aromatic nitrogens is 2. The smallest absolute Gasteiger partial charge is 0.368 e. The second-order valence-corrected chi connectivity index (χ2v) is 5.19. The molecule has 0 bridgehead atoms. The lowest BCUT2D eigenvalue weighted by Crippen LogP contribution is -2.49. The number of halogens is 4. The SMILES string of the molecule is CC[C@@H]1CN(C)c2cnc(Cl)nc2N1CCC(F)(F)F. The molecule has 20 heavy (non-hydrogen) atoms. The van der Waals surface area contributed by atoms with Gasteiger partial charge in [-0.15, -0.1) is 0 Å². The molecule has 0 N–H and O–H groups in total. The molecule has 0 spiro atoms. The van der Waals surface area contributed by atoms with Crippen LogP contribution < -0.4 is 9.80 Å². The van der Waals surface area contributed by atoms with Gasteiger partial charge < -0.3 is 9.80 Å². The van der Waals surface area contributed by atoms with Gasteiger partial charge in [0.05, 0.1) is 18.3 Å². The monoisotopic (exact) mass is 308 g/mol. The van der Waals surface area contributed by atoms with E-state index >= 15 is 0 Å². The van der Waals surface area contributed by atoms with E-state index in [1.165, 1.54) is 0 Å². The fourth-order valence-corrected chi connectivity index (χ4v) is 2.53. The summed E-state index contributed by atoms with van der Waals surface area (Å²) in [7, 11) is 1.87. The van der Waals surface area contributed by atoms with Gasteiger partial charge >= 0.3 is 6.18 Å². The summed E-state index contributed by atoms with van der Waals surface area (Å²) in [5.74, 6) is 0.481. The summed E-state index contributed by atoms with van der Waals surface area (Å²) in [6, 6.07) is -0.0131. The van der Waals surface area contributed by atoms with Crippen LogP contribution in [0.2, 0.25) is 5.28 Å². The molecule has 0 fully saturated rings. The van der Waals surface area contributed by atoms with Gasteiger partial charge in [0.1, 0.15) is 0 Å². The number of likely N-dealkylation sites (N-methyl/N-ethyl adjacent to an activating group) is 1. The third-order valence-electron chi connectivity index (χ3n) is 3.44. The Morgan fingerprint density at radius 3 is 2.75 bits per heavy atom. The molecule has 1 atom stereocenters. The molecule has 0 aromatic carbocycles. The lowest BCUT2D eigenvalue weighted by atomic mass is 10.1. The Hall–Kier alpha value is -1.24. The minimum atomic E-state index is -4.18. The van der Waals surface area contributed by atoms with E-state index in [1.807, 2.05) is 18.9 Å². The summed E-state index contributed by atoms with van der Waals surface area (Å²) < 4.78 is 37.4. The zero-order valence-electron chi connectivity index (χ0n) is 11.3. The van der Waals surface area contributed by atoms with Crippen molar-refractivity contribution < 1.29 is 13.2 Å². The number of hydrogen-bond acceptors (Lipinski definition) is 4. The fourth-order valence-electron chi connectivity index (χ4n) is 2.40. The molecule has 0 saturated carbocycles. The van der Waals surface area contributed by atoms with Crippen LogP contribution in [-0.4, -0.2) is 42.3 Å². The number of hydrogen-bond donors (Lipinski definition) is 0. The first kappa shape index (κ1) is 15.2. The van der Waals surface area contributed by atoms with Crippen LogP contribution in [0.25, 0.3) is 0 Å². The minimum Gasteiger partial charge on any atom is -0.368 e. The number of anilines is 2. The van der Waals surface area contributed by atoms with Crippen LogP contribution in [0.15, 0.2) is 6.20 Å². The van der Waals surface area contributed by atoms with Crippen molar-refractivity contribution in [2.24, 2.45) is 0 Å². The molecule has 1 aliphatic heterocycles. The standard InChI is InChI=1S/C12H16ClF3N4/c1-3-8-7-19(2)9-6-17-11(13)18-10(9)20(8)5-4-12(14,15)16/h6,8H,3-5,7H2,1-2H3/t8-/m1/s1. The topological polar surface area (TPSA) is 32.3 Å². The maximum atomic E-state index is 12.5. The van der Waals surface area contributed by atoms with Gasteiger partial charge in [-0.2, -0.15) is 18.2 Å². The Bertz CT molecular complexity index is 480. The van der Waals surface area contributed by atoms with Crippen LogP contribution in [-0.2, 0) is 0 Å². The highest BCUT2D eigenvalue weighted by atomic mass is 35.5. The third-order valence-corrected chi connectivity index (χ3v) is 3.62. The normalized spacial score (nSPS) is 19.2. The molecule has 8 heteroatoms. The van der Waals surface area contributed by atoms with Crippen molar-refractivity contribution in [1.29, 1.82) is 0 Å². The van der Waals surface area contributed by atoms with Crippen molar-refractivity contribution in [2.75, 3.05) is 29.9 Å². The predicted octanol–water partition coefficient (Wildman–Crippen LogP) is 3.12. The lowest BCUT2D eigenvalue weighted by Gasteiger charge is -2.42. The number of nitrogens with zero attached hydrogens (tertiary/aromatic N) is 4. The lowest BCUT2D eigenvalue weighted by molar-refractivity contribution is -0.132. The van der Waals surface area contributed by atoms with E-state index in [0.29, 0.717) is 18.1 Å². The molecular weight excluding hydrogens is 293 g/mol. The average molecular weight is 309 g/mol. The van der Waals surface area contributed by atoms with Crippen LogP contribution in [0.3, 0.4) is 0 Å². The maximum absolute atomic E-state index is 12.5. The van der Waals surface area contributed by atoms with E-state index in [2.05, 4.69) is 9.97 Å². The van der Waals surface area contributed by atoms with Crippen molar-refractivity contribution >= 4 is 23.1 Å². The molecule has 1 aromatic heterocycles. The van der Waals surface area contributed by atoms with E-state index < -0.39 is 12.6 Å². The summed E-state index contributed by atoms with van der Waals surface area (Å²) in [5, 5.41) is 0.0471. The second-order valence-electron chi connectivity index (χ2n) is 4.85. The molecule has 2 heterocycles. The van der Waals surface area contributed by atoms with Gasteiger partial charge in [0, 0.05) is 26.2 Å². The van der Waals surface area contributed by atoms with E-state index in [-0.39, 0.29) is 17.9 Å². The third kappa shape index (κ3) is 3.26. The van der Waals surface area contributed by atoms with E-state index in [0.717, 1.165) is 6.42 Å². The summed E-state index contributed by atoms with van der Waals surface area (Å²) >= 11 is 5.78. The van der Waals surface area contributed by atoms with E-state index in [1.54, 1.807) is 11.1 Å². The van der Waals surface area contributed by atoms with Crippen LogP contribution in [0.5, 0.6) is 0 Å². The molecule has 1 aliphatic rings. The molecule has 112 valence electrons. The molecule has 0 amide bonds. The Balaban J connectivity index is 2.31. The highest BCUT2D eigenvalue weighted by molar-refractivity contribution is 6.28. The number of rotatable bonds is 3.